The first-order chi connectivity index (χ1) is 14.6. The number of carbonyl (C=O) groups is 1. The molecule has 2 aliphatic rings. The molecule has 7 nitrogen and oxygen atoms in total. The number of nitrogens with zero attached hydrogens (tertiary/aromatic N) is 3. The van der Waals surface area contributed by atoms with E-state index in [4.69, 9.17) is 17.0 Å². The summed E-state index contributed by atoms with van der Waals surface area (Å²) in [4.78, 5) is 33.0. The molecule has 1 amide bonds. The number of likely N-dealkylation sites (tertiary alicyclic amines) is 1. The molecule has 30 heavy (non-hydrogen) atoms. The minimum Gasteiger partial charge on any atom is -0.379 e. The SMILES string of the molecule is O=C(CCn1c(=S)[nH]c2ccccc2c1=O)N1CCC(CCN2CCOCC2)CC1. The number of morpholine rings is 1. The second-order valence-electron chi connectivity index (χ2n) is 8.25. The van der Waals surface area contributed by atoms with Crippen molar-refractivity contribution in [2.24, 2.45) is 5.92 Å². The number of amides is 1. The van der Waals surface area contributed by atoms with Gasteiger partial charge in [0.1, 0.15) is 0 Å². The zero-order valence-corrected chi connectivity index (χ0v) is 18.2. The summed E-state index contributed by atoms with van der Waals surface area (Å²) in [5.74, 6) is 0.796. The van der Waals surface area contributed by atoms with Gasteiger partial charge in [-0.25, -0.2) is 0 Å². The van der Waals surface area contributed by atoms with E-state index in [1.165, 1.54) is 11.0 Å². The number of piperidine rings is 1. The summed E-state index contributed by atoms with van der Waals surface area (Å²) in [5, 5.41) is 0.597. The average Bonchev–Trinajstić information content (AvgIpc) is 2.78. The number of aromatic amines is 1. The lowest BCUT2D eigenvalue weighted by Crippen LogP contribution is -2.41. The lowest BCUT2D eigenvalue weighted by Gasteiger charge is -2.34. The smallest absolute Gasteiger partial charge is 0.262 e. The lowest BCUT2D eigenvalue weighted by atomic mass is 9.93. The Morgan fingerprint density at radius 3 is 2.60 bits per heavy atom. The molecule has 0 radical (unpaired) electrons. The van der Waals surface area contributed by atoms with Gasteiger partial charge in [0, 0.05) is 39.1 Å². The molecule has 1 aromatic heterocycles. The fourth-order valence-electron chi connectivity index (χ4n) is 4.43. The van der Waals surface area contributed by atoms with E-state index in [0.717, 1.165) is 64.3 Å². The van der Waals surface area contributed by atoms with Crippen molar-refractivity contribution in [2.75, 3.05) is 45.9 Å². The monoisotopic (exact) mass is 430 g/mol. The maximum atomic E-state index is 12.7. The molecular weight excluding hydrogens is 400 g/mol. The van der Waals surface area contributed by atoms with Crippen LogP contribution in [0.25, 0.3) is 10.9 Å². The van der Waals surface area contributed by atoms with Crippen molar-refractivity contribution in [1.29, 1.82) is 0 Å². The number of hydrogen-bond donors (Lipinski definition) is 1. The molecule has 0 bridgehead atoms. The molecule has 2 saturated heterocycles. The predicted molar refractivity (Wildman–Crippen MR) is 119 cm³/mol. The number of benzene rings is 1. The van der Waals surface area contributed by atoms with E-state index in [1.54, 1.807) is 6.07 Å². The zero-order chi connectivity index (χ0) is 20.9. The van der Waals surface area contributed by atoms with Gasteiger partial charge in [0.2, 0.25) is 5.91 Å². The Morgan fingerprint density at radius 1 is 1.10 bits per heavy atom. The van der Waals surface area contributed by atoms with E-state index in [2.05, 4.69) is 9.88 Å². The molecule has 1 N–H and O–H groups in total. The maximum Gasteiger partial charge on any atom is 0.262 e. The van der Waals surface area contributed by atoms with Crippen molar-refractivity contribution in [3.8, 4) is 0 Å². The van der Waals surface area contributed by atoms with Crippen LogP contribution in [0.3, 0.4) is 0 Å². The van der Waals surface area contributed by atoms with E-state index in [9.17, 15) is 9.59 Å². The average molecular weight is 431 g/mol. The third-order valence-electron chi connectivity index (χ3n) is 6.36. The van der Waals surface area contributed by atoms with Gasteiger partial charge < -0.3 is 14.6 Å². The molecule has 0 saturated carbocycles. The van der Waals surface area contributed by atoms with Crippen molar-refractivity contribution < 1.29 is 9.53 Å². The Hall–Kier alpha value is -2.03. The number of fused-ring (bicyclic) bond motifs is 1. The number of rotatable bonds is 6. The topological polar surface area (TPSA) is 70.6 Å². The van der Waals surface area contributed by atoms with Crippen molar-refractivity contribution in [3.63, 3.8) is 0 Å². The van der Waals surface area contributed by atoms with Gasteiger partial charge >= 0.3 is 0 Å². The van der Waals surface area contributed by atoms with Gasteiger partial charge in [0.05, 0.1) is 24.1 Å². The van der Waals surface area contributed by atoms with Crippen molar-refractivity contribution in [1.82, 2.24) is 19.4 Å². The minimum absolute atomic E-state index is 0.107. The number of hydrogen-bond acceptors (Lipinski definition) is 5. The van der Waals surface area contributed by atoms with Crippen LogP contribution in [0, 0.1) is 10.7 Å². The van der Waals surface area contributed by atoms with Gasteiger partial charge in [-0.05, 0) is 56.1 Å². The van der Waals surface area contributed by atoms with Crippen molar-refractivity contribution >= 4 is 29.0 Å². The summed E-state index contributed by atoms with van der Waals surface area (Å²) in [6, 6.07) is 7.32. The molecule has 2 aliphatic heterocycles. The number of aromatic nitrogens is 2. The third-order valence-corrected chi connectivity index (χ3v) is 6.69. The van der Waals surface area contributed by atoms with Crippen LogP contribution in [0.1, 0.15) is 25.7 Å². The molecule has 2 aromatic rings. The number of ether oxygens (including phenoxy) is 1. The van der Waals surface area contributed by atoms with Crippen LogP contribution in [0.15, 0.2) is 29.1 Å². The lowest BCUT2D eigenvalue weighted by molar-refractivity contribution is -0.132. The molecule has 3 heterocycles. The first-order valence-corrected chi connectivity index (χ1v) is 11.3. The third kappa shape index (κ3) is 4.99. The molecule has 0 spiro atoms. The highest BCUT2D eigenvalue weighted by atomic mass is 32.1. The minimum atomic E-state index is -0.135. The summed E-state index contributed by atoms with van der Waals surface area (Å²) in [6.45, 7) is 6.83. The summed E-state index contributed by atoms with van der Waals surface area (Å²) >= 11 is 5.34. The fourth-order valence-corrected chi connectivity index (χ4v) is 4.71. The normalized spacial score (nSPS) is 18.7. The zero-order valence-electron chi connectivity index (χ0n) is 17.3. The first kappa shape index (κ1) is 21.2. The predicted octanol–water partition coefficient (Wildman–Crippen LogP) is 2.41. The number of nitrogens with one attached hydrogen (secondary N) is 1. The number of para-hydroxylation sites is 1. The Bertz CT molecular complexity index is 988. The molecular formula is C22H30N4O3S. The highest BCUT2D eigenvalue weighted by Crippen LogP contribution is 2.21. The summed E-state index contributed by atoms with van der Waals surface area (Å²) < 4.78 is 7.28. The van der Waals surface area contributed by atoms with Crippen LogP contribution in [0.4, 0.5) is 0 Å². The molecule has 1 aromatic carbocycles. The second-order valence-corrected chi connectivity index (χ2v) is 8.64. The van der Waals surface area contributed by atoms with E-state index >= 15 is 0 Å². The summed E-state index contributed by atoms with van der Waals surface area (Å²) in [5.41, 5.74) is 0.596. The van der Waals surface area contributed by atoms with E-state index < -0.39 is 0 Å². The number of H-pyrrole nitrogens is 1. The largest absolute Gasteiger partial charge is 0.379 e. The number of carbonyl (C=O) groups excluding carboxylic acids is 1. The second kappa shape index (κ2) is 9.85. The summed E-state index contributed by atoms with van der Waals surface area (Å²) in [6.07, 6.45) is 3.62. The van der Waals surface area contributed by atoms with E-state index in [0.29, 0.717) is 29.0 Å². The van der Waals surface area contributed by atoms with Gasteiger partial charge in [0.25, 0.3) is 5.56 Å². The van der Waals surface area contributed by atoms with Crippen LogP contribution >= 0.6 is 12.2 Å². The fraction of sp³-hybridized carbons (Fsp3) is 0.591. The van der Waals surface area contributed by atoms with Crippen molar-refractivity contribution in [3.05, 3.63) is 39.4 Å². The highest BCUT2D eigenvalue weighted by molar-refractivity contribution is 7.71. The van der Waals surface area contributed by atoms with Crippen LogP contribution in [-0.2, 0) is 16.1 Å². The van der Waals surface area contributed by atoms with Gasteiger partial charge in [0.15, 0.2) is 4.77 Å². The first-order valence-electron chi connectivity index (χ1n) is 10.9. The molecule has 0 atom stereocenters. The highest BCUT2D eigenvalue weighted by Gasteiger charge is 2.23. The molecule has 0 unspecified atom stereocenters. The van der Waals surface area contributed by atoms with Gasteiger partial charge in [-0.1, -0.05) is 12.1 Å². The summed E-state index contributed by atoms with van der Waals surface area (Å²) in [7, 11) is 0. The van der Waals surface area contributed by atoms with Crippen LogP contribution in [0.2, 0.25) is 0 Å². The quantitative estimate of drug-likeness (QED) is 0.713. The van der Waals surface area contributed by atoms with Gasteiger partial charge in [-0.2, -0.15) is 0 Å². The molecule has 162 valence electrons. The Morgan fingerprint density at radius 2 is 1.83 bits per heavy atom. The standard InChI is InChI=1S/C22H30N4O3S/c27-20(8-12-26-21(28)18-3-1-2-4-19(18)23-22(26)30)25-10-6-17(7-11-25)5-9-24-13-15-29-16-14-24/h1-4,17H,5-16H2,(H,23,30). The maximum absolute atomic E-state index is 12.7. The Balaban J connectivity index is 1.27. The van der Waals surface area contributed by atoms with Crippen LogP contribution in [-0.4, -0.2) is 71.2 Å². The Kier molecular flexibility index (Phi) is 6.97. The van der Waals surface area contributed by atoms with Crippen LogP contribution < -0.4 is 5.56 Å². The molecule has 4 rings (SSSR count). The van der Waals surface area contributed by atoms with E-state index in [1.807, 2.05) is 23.1 Å². The van der Waals surface area contributed by atoms with Crippen LogP contribution in [0.5, 0.6) is 0 Å². The molecule has 0 aliphatic carbocycles. The molecule has 8 heteroatoms. The van der Waals surface area contributed by atoms with Gasteiger partial charge in [-0.3, -0.25) is 19.1 Å². The van der Waals surface area contributed by atoms with Crippen molar-refractivity contribution in [2.45, 2.75) is 32.2 Å². The Labute approximate surface area is 181 Å². The van der Waals surface area contributed by atoms with Gasteiger partial charge in [-0.15, -0.1) is 0 Å². The molecule has 2 fully saturated rings. The van der Waals surface area contributed by atoms with E-state index in [-0.39, 0.29) is 11.5 Å².